The van der Waals surface area contributed by atoms with Crippen molar-refractivity contribution < 1.29 is 9.13 Å². The van der Waals surface area contributed by atoms with Crippen LogP contribution in [0.2, 0.25) is 0 Å². The topological polar surface area (TPSA) is 31.5 Å². The molecule has 0 saturated carbocycles. The average Bonchev–Trinajstić information content (AvgIpc) is 3.22. The molecule has 3 heterocycles. The lowest BCUT2D eigenvalue weighted by Crippen LogP contribution is -2.38. The van der Waals surface area contributed by atoms with Crippen LogP contribution >= 0.6 is 0 Å². The summed E-state index contributed by atoms with van der Waals surface area (Å²) in [6, 6.07) is 12.8. The van der Waals surface area contributed by atoms with Crippen molar-refractivity contribution in [3.8, 4) is 0 Å². The van der Waals surface area contributed by atoms with Gasteiger partial charge in [0, 0.05) is 49.4 Å². The molecule has 0 amide bonds. The predicted octanol–water partition coefficient (Wildman–Crippen LogP) is 4.11. The van der Waals surface area contributed by atoms with E-state index in [4.69, 9.17) is 4.74 Å². The number of rotatable bonds is 3. The molecule has 4 nitrogen and oxygen atoms in total. The van der Waals surface area contributed by atoms with Crippen LogP contribution in [0.15, 0.2) is 42.6 Å². The van der Waals surface area contributed by atoms with E-state index in [1.807, 2.05) is 12.3 Å². The number of H-pyrrole nitrogens is 1. The summed E-state index contributed by atoms with van der Waals surface area (Å²) in [5.41, 5.74) is 5.11. The third-order valence-corrected chi connectivity index (χ3v) is 6.24. The first kappa shape index (κ1) is 17.7. The summed E-state index contributed by atoms with van der Waals surface area (Å²) in [5.74, 6) is 0.140. The summed E-state index contributed by atoms with van der Waals surface area (Å²) in [5, 5.41) is 1.21. The molecule has 0 spiro atoms. The van der Waals surface area contributed by atoms with Gasteiger partial charge in [0.2, 0.25) is 0 Å². The van der Waals surface area contributed by atoms with Crippen molar-refractivity contribution in [1.82, 2.24) is 9.88 Å². The quantitative estimate of drug-likeness (QED) is 0.743. The second-order valence-corrected chi connectivity index (χ2v) is 7.77. The Balaban J connectivity index is 1.58. The van der Waals surface area contributed by atoms with Crippen molar-refractivity contribution in [3.63, 3.8) is 0 Å². The molecule has 2 aliphatic heterocycles. The van der Waals surface area contributed by atoms with Gasteiger partial charge in [-0.1, -0.05) is 19.1 Å². The van der Waals surface area contributed by atoms with E-state index in [1.54, 1.807) is 0 Å². The molecule has 1 fully saturated rings. The van der Waals surface area contributed by atoms with Gasteiger partial charge in [-0.25, -0.2) is 4.39 Å². The molecule has 5 heteroatoms. The van der Waals surface area contributed by atoms with E-state index in [0.29, 0.717) is 19.8 Å². The Morgan fingerprint density at radius 3 is 2.82 bits per heavy atom. The Bertz CT molecular complexity index is 993. The number of fused-ring (bicyclic) bond motifs is 2. The van der Waals surface area contributed by atoms with Gasteiger partial charge in [0.05, 0.1) is 18.9 Å². The monoisotopic (exact) mass is 379 g/mol. The Morgan fingerprint density at radius 1 is 1.14 bits per heavy atom. The fraction of sp³-hybridized carbons (Fsp3) is 0.391. The van der Waals surface area contributed by atoms with Crippen LogP contribution in [0.1, 0.15) is 29.5 Å². The zero-order chi connectivity index (χ0) is 19.1. The smallest absolute Gasteiger partial charge is 0.151 e. The van der Waals surface area contributed by atoms with Crippen LogP contribution in [-0.4, -0.2) is 49.3 Å². The van der Waals surface area contributed by atoms with Crippen LogP contribution in [0, 0.1) is 5.82 Å². The van der Waals surface area contributed by atoms with Crippen LogP contribution in [0.3, 0.4) is 0 Å². The van der Waals surface area contributed by atoms with Crippen LogP contribution < -0.4 is 4.90 Å². The van der Waals surface area contributed by atoms with Crippen molar-refractivity contribution in [2.75, 3.05) is 44.3 Å². The number of likely N-dealkylation sites (N-methyl/N-ethyl adjacent to an activating group) is 1. The van der Waals surface area contributed by atoms with E-state index in [1.165, 1.54) is 10.9 Å². The number of morpholine rings is 1. The Kier molecular flexibility index (Phi) is 4.57. The number of benzene rings is 2. The standard InChI is InChI=1S/C23H26FN3O/c1-2-26-14-19(16-3-5-21-17(13-16)7-8-25-21)18-4-6-22(23(24)20(18)15-26)27-9-11-28-12-10-27/h3-8,13,19,25H,2,9-12,14-15H2,1H3. The van der Waals surface area contributed by atoms with Crippen LogP contribution in [0.5, 0.6) is 0 Å². The first-order valence-corrected chi connectivity index (χ1v) is 10.2. The molecule has 2 aliphatic rings. The highest BCUT2D eigenvalue weighted by Gasteiger charge is 2.30. The number of anilines is 1. The van der Waals surface area contributed by atoms with Gasteiger partial charge >= 0.3 is 0 Å². The van der Waals surface area contributed by atoms with Crippen LogP contribution in [0.4, 0.5) is 10.1 Å². The number of aromatic nitrogens is 1. The second kappa shape index (κ2) is 7.22. The number of ether oxygens (including phenoxy) is 1. The van der Waals surface area contributed by atoms with E-state index in [9.17, 15) is 0 Å². The van der Waals surface area contributed by atoms with Crippen molar-refractivity contribution in [2.45, 2.75) is 19.4 Å². The minimum Gasteiger partial charge on any atom is -0.378 e. The molecule has 1 aromatic heterocycles. The van der Waals surface area contributed by atoms with Crippen molar-refractivity contribution in [3.05, 3.63) is 65.1 Å². The number of hydrogen-bond donors (Lipinski definition) is 1. The highest BCUT2D eigenvalue weighted by Crippen LogP contribution is 2.38. The third-order valence-electron chi connectivity index (χ3n) is 6.24. The number of nitrogens with one attached hydrogen (secondary N) is 1. The maximum Gasteiger partial charge on any atom is 0.151 e. The molecule has 0 radical (unpaired) electrons. The summed E-state index contributed by atoms with van der Waals surface area (Å²) in [7, 11) is 0. The molecule has 5 rings (SSSR count). The maximum atomic E-state index is 15.6. The van der Waals surface area contributed by atoms with Gasteiger partial charge in [0.25, 0.3) is 0 Å². The van der Waals surface area contributed by atoms with E-state index in [-0.39, 0.29) is 11.7 Å². The lowest BCUT2D eigenvalue weighted by atomic mass is 9.83. The molecule has 0 aliphatic carbocycles. The van der Waals surface area contributed by atoms with Crippen LogP contribution in [-0.2, 0) is 11.3 Å². The van der Waals surface area contributed by atoms with Gasteiger partial charge in [-0.2, -0.15) is 0 Å². The van der Waals surface area contributed by atoms with E-state index in [2.05, 4.69) is 52.0 Å². The third kappa shape index (κ3) is 2.99. The van der Waals surface area contributed by atoms with Crippen LogP contribution in [0.25, 0.3) is 10.9 Å². The normalized spacial score (nSPS) is 20.5. The van der Waals surface area contributed by atoms with Crippen molar-refractivity contribution >= 4 is 16.6 Å². The molecule has 1 atom stereocenters. The fourth-order valence-corrected chi connectivity index (χ4v) is 4.62. The molecule has 1 unspecified atom stereocenters. The highest BCUT2D eigenvalue weighted by molar-refractivity contribution is 5.80. The molecule has 1 saturated heterocycles. The van der Waals surface area contributed by atoms with Crippen molar-refractivity contribution in [2.24, 2.45) is 0 Å². The minimum atomic E-state index is -0.0507. The Morgan fingerprint density at radius 2 is 2.00 bits per heavy atom. The lowest BCUT2D eigenvalue weighted by Gasteiger charge is -2.36. The summed E-state index contributed by atoms with van der Waals surface area (Å²) in [6.45, 7) is 7.51. The summed E-state index contributed by atoms with van der Waals surface area (Å²) in [6.07, 6.45) is 1.97. The van der Waals surface area contributed by atoms with E-state index in [0.717, 1.165) is 48.5 Å². The van der Waals surface area contributed by atoms with Gasteiger partial charge in [-0.05, 0) is 47.3 Å². The largest absolute Gasteiger partial charge is 0.378 e. The van der Waals surface area contributed by atoms with Gasteiger partial charge < -0.3 is 14.6 Å². The number of nitrogens with zero attached hydrogens (tertiary/aromatic N) is 2. The predicted molar refractivity (Wildman–Crippen MR) is 111 cm³/mol. The SMILES string of the molecule is CCN1Cc2c(ccc(N3CCOCC3)c2F)C(c2ccc3[nH]ccc3c2)C1. The summed E-state index contributed by atoms with van der Waals surface area (Å²) >= 11 is 0. The molecule has 28 heavy (non-hydrogen) atoms. The van der Waals surface area contributed by atoms with Crippen molar-refractivity contribution in [1.29, 1.82) is 0 Å². The first-order valence-electron chi connectivity index (χ1n) is 10.2. The number of aromatic amines is 1. The highest BCUT2D eigenvalue weighted by atomic mass is 19.1. The molecule has 3 aromatic rings. The molecule has 146 valence electrons. The summed E-state index contributed by atoms with van der Waals surface area (Å²) < 4.78 is 21.1. The molecule has 1 N–H and O–H groups in total. The maximum absolute atomic E-state index is 15.6. The first-order chi connectivity index (χ1) is 13.7. The van der Waals surface area contributed by atoms with Gasteiger partial charge in [-0.3, -0.25) is 4.90 Å². The van der Waals surface area contributed by atoms with Gasteiger partial charge in [0.15, 0.2) is 5.82 Å². The lowest BCUT2D eigenvalue weighted by molar-refractivity contribution is 0.122. The molecular formula is C23H26FN3O. The summed E-state index contributed by atoms with van der Waals surface area (Å²) in [4.78, 5) is 7.72. The van der Waals surface area contributed by atoms with E-state index >= 15 is 4.39 Å². The fourth-order valence-electron chi connectivity index (χ4n) is 4.62. The minimum absolute atomic E-state index is 0.0507. The molecular weight excluding hydrogens is 353 g/mol. The number of halogens is 1. The molecule has 0 bridgehead atoms. The zero-order valence-corrected chi connectivity index (χ0v) is 16.2. The Hall–Kier alpha value is -2.37. The second-order valence-electron chi connectivity index (χ2n) is 7.77. The van der Waals surface area contributed by atoms with E-state index < -0.39 is 0 Å². The van der Waals surface area contributed by atoms with Gasteiger partial charge in [0.1, 0.15) is 0 Å². The Labute approximate surface area is 164 Å². The average molecular weight is 379 g/mol. The van der Waals surface area contributed by atoms with Gasteiger partial charge in [-0.15, -0.1) is 0 Å². The molecule has 2 aromatic carbocycles. The zero-order valence-electron chi connectivity index (χ0n) is 16.2. The number of hydrogen-bond acceptors (Lipinski definition) is 3.